The molecule has 0 spiro atoms. The van der Waals surface area contributed by atoms with Crippen LogP contribution in [0.15, 0.2) is 23.6 Å². The minimum absolute atomic E-state index is 0.0387. The van der Waals surface area contributed by atoms with Crippen molar-refractivity contribution in [3.8, 4) is 0 Å². The summed E-state index contributed by atoms with van der Waals surface area (Å²) < 4.78 is 2.18. The van der Waals surface area contributed by atoms with Crippen molar-refractivity contribution in [2.24, 2.45) is 11.8 Å². The summed E-state index contributed by atoms with van der Waals surface area (Å²) >= 11 is 1.29. The van der Waals surface area contributed by atoms with Gasteiger partial charge in [0, 0.05) is 12.7 Å². The molecule has 5 nitrogen and oxygen atoms in total. The lowest BCUT2D eigenvalue weighted by Crippen LogP contribution is -2.14. The van der Waals surface area contributed by atoms with Crippen LogP contribution >= 0.6 is 11.8 Å². The van der Waals surface area contributed by atoms with Crippen molar-refractivity contribution < 1.29 is 9.90 Å². The number of rotatable bonds is 5. The van der Waals surface area contributed by atoms with Gasteiger partial charge in [0.15, 0.2) is 5.16 Å². The Bertz CT molecular complexity index is 655. The van der Waals surface area contributed by atoms with E-state index in [2.05, 4.69) is 21.5 Å². The Morgan fingerprint density at radius 1 is 1.52 bits per heavy atom. The van der Waals surface area contributed by atoms with Gasteiger partial charge in [0.2, 0.25) is 0 Å². The second kappa shape index (κ2) is 6.05. The molecule has 2 aromatic rings. The molecule has 1 fully saturated rings. The lowest BCUT2D eigenvalue weighted by atomic mass is 9.98. The molecule has 0 bridgehead atoms. The molecule has 0 saturated heterocycles. The van der Waals surface area contributed by atoms with Crippen molar-refractivity contribution in [1.82, 2.24) is 14.5 Å². The number of hydrogen-bond acceptors (Lipinski definition) is 4. The fourth-order valence-electron chi connectivity index (χ4n) is 3.10. The van der Waals surface area contributed by atoms with E-state index in [1.165, 1.54) is 31.0 Å². The Hall–Kier alpha value is -1.56. The maximum absolute atomic E-state index is 10.8. The number of nitrogens with zero attached hydrogens (tertiary/aromatic N) is 3. The lowest BCUT2D eigenvalue weighted by molar-refractivity contribution is -0.133. The molecular weight excluding hydrogens is 286 g/mol. The number of carbonyl (C=O) groups is 1. The van der Waals surface area contributed by atoms with Crippen molar-refractivity contribution in [2.75, 3.05) is 5.75 Å². The second-order valence-corrected chi connectivity index (χ2v) is 6.66. The van der Waals surface area contributed by atoms with E-state index >= 15 is 0 Å². The standard InChI is InChI=1S/C15H19N3O2S/c1-10-3-2-4-11(10)8-18-13-5-6-16-7-12(13)17-15(18)21-9-14(19)20/h5-7,10-11H,2-4,8-9H2,1H3,(H,19,20). The average molecular weight is 305 g/mol. The van der Waals surface area contributed by atoms with Gasteiger partial charge >= 0.3 is 5.97 Å². The highest BCUT2D eigenvalue weighted by atomic mass is 32.2. The average Bonchev–Trinajstić information content (AvgIpc) is 3.02. The monoisotopic (exact) mass is 305 g/mol. The first-order valence-electron chi connectivity index (χ1n) is 7.30. The van der Waals surface area contributed by atoms with Crippen LogP contribution in [0.2, 0.25) is 0 Å². The van der Waals surface area contributed by atoms with Gasteiger partial charge in [0.25, 0.3) is 0 Å². The molecule has 2 unspecified atom stereocenters. The highest BCUT2D eigenvalue weighted by Gasteiger charge is 2.25. The van der Waals surface area contributed by atoms with Crippen LogP contribution < -0.4 is 0 Å². The maximum Gasteiger partial charge on any atom is 0.313 e. The number of imidazole rings is 1. The zero-order chi connectivity index (χ0) is 14.8. The van der Waals surface area contributed by atoms with Crippen molar-refractivity contribution in [1.29, 1.82) is 0 Å². The maximum atomic E-state index is 10.8. The van der Waals surface area contributed by atoms with Crippen molar-refractivity contribution in [3.05, 3.63) is 18.5 Å². The summed E-state index contributed by atoms with van der Waals surface area (Å²) in [6.45, 7) is 3.23. The second-order valence-electron chi connectivity index (χ2n) is 5.72. The highest BCUT2D eigenvalue weighted by Crippen LogP contribution is 2.34. The van der Waals surface area contributed by atoms with E-state index in [9.17, 15) is 4.79 Å². The molecular formula is C15H19N3O2S. The molecule has 0 aliphatic heterocycles. The largest absolute Gasteiger partial charge is 0.481 e. The Morgan fingerprint density at radius 3 is 3.10 bits per heavy atom. The first kappa shape index (κ1) is 14.4. The van der Waals surface area contributed by atoms with E-state index in [1.54, 1.807) is 12.4 Å². The summed E-state index contributed by atoms with van der Waals surface area (Å²) in [7, 11) is 0. The summed E-state index contributed by atoms with van der Waals surface area (Å²) in [5.41, 5.74) is 1.90. The van der Waals surface area contributed by atoms with Crippen LogP contribution in [0.4, 0.5) is 0 Å². The fourth-order valence-corrected chi connectivity index (χ4v) is 3.84. The Balaban J connectivity index is 1.92. The van der Waals surface area contributed by atoms with Gasteiger partial charge in [-0.15, -0.1) is 0 Å². The zero-order valence-electron chi connectivity index (χ0n) is 12.0. The molecule has 6 heteroatoms. The van der Waals surface area contributed by atoms with Crippen molar-refractivity contribution in [2.45, 2.75) is 37.9 Å². The normalized spacial score (nSPS) is 22.0. The van der Waals surface area contributed by atoms with Gasteiger partial charge < -0.3 is 9.67 Å². The van der Waals surface area contributed by atoms with E-state index in [1.807, 2.05) is 6.07 Å². The van der Waals surface area contributed by atoms with E-state index in [0.29, 0.717) is 5.92 Å². The molecule has 0 amide bonds. The number of carboxylic acid groups (broad SMARTS) is 1. The molecule has 3 rings (SSSR count). The SMILES string of the molecule is CC1CCCC1Cn1c(SCC(=O)O)nc2cnccc21. The molecule has 2 atom stereocenters. The van der Waals surface area contributed by atoms with E-state index < -0.39 is 5.97 Å². The number of aliphatic carboxylic acids is 1. The number of pyridine rings is 1. The van der Waals surface area contributed by atoms with Gasteiger partial charge in [-0.25, -0.2) is 4.98 Å². The predicted octanol–water partition coefficient (Wildman–Crippen LogP) is 3.04. The van der Waals surface area contributed by atoms with Crippen LogP contribution in [0.5, 0.6) is 0 Å². The van der Waals surface area contributed by atoms with Gasteiger partial charge in [-0.2, -0.15) is 0 Å². The quantitative estimate of drug-likeness (QED) is 0.860. The highest BCUT2D eigenvalue weighted by molar-refractivity contribution is 7.99. The van der Waals surface area contributed by atoms with Crippen LogP contribution in [0, 0.1) is 11.8 Å². The first-order valence-corrected chi connectivity index (χ1v) is 8.28. The number of hydrogen-bond donors (Lipinski definition) is 1. The zero-order valence-corrected chi connectivity index (χ0v) is 12.8. The summed E-state index contributed by atoms with van der Waals surface area (Å²) in [4.78, 5) is 19.5. The Labute approximate surface area is 127 Å². The van der Waals surface area contributed by atoms with E-state index in [0.717, 1.165) is 28.7 Å². The van der Waals surface area contributed by atoms with E-state index in [4.69, 9.17) is 5.11 Å². The lowest BCUT2D eigenvalue weighted by Gasteiger charge is -2.18. The Kier molecular flexibility index (Phi) is 4.14. The molecule has 21 heavy (non-hydrogen) atoms. The summed E-state index contributed by atoms with van der Waals surface area (Å²) in [6.07, 6.45) is 7.34. The van der Waals surface area contributed by atoms with E-state index in [-0.39, 0.29) is 5.75 Å². The first-order chi connectivity index (χ1) is 10.1. The topological polar surface area (TPSA) is 68.0 Å². The van der Waals surface area contributed by atoms with Crippen LogP contribution in [-0.4, -0.2) is 31.4 Å². The summed E-state index contributed by atoms with van der Waals surface area (Å²) in [5.74, 6) is 0.601. The minimum Gasteiger partial charge on any atom is -0.481 e. The van der Waals surface area contributed by atoms with Gasteiger partial charge in [0.05, 0.1) is 17.5 Å². The third-order valence-electron chi connectivity index (χ3n) is 4.30. The summed E-state index contributed by atoms with van der Waals surface area (Å²) in [6, 6.07) is 1.97. The van der Waals surface area contributed by atoms with Crippen LogP contribution in [0.3, 0.4) is 0 Å². The van der Waals surface area contributed by atoms with Crippen molar-refractivity contribution in [3.63, 3.8) is 0 Å². The minimum atomic E-state index is -0.814. The van der Waals surface area contributed by atoms with Gasteiger partial charge in [0.1, 0.15) is 5.52 Å². The number of fused-ring (bicyclic) bond motifs is 1. The van der Waals surface area contributed by atoms with Crippen LogP contribution in [-0.2, 0) is 11.3 Å². The third-order valence-corrected chi connectivity index (χ3v) is 5.26. The number of aromatic nitrogens is 3. The van der Waals surface area contributed by atoms with Crippen molar-refractivity contribution >= 4 is 28.8 Å². The predicted molar refractivity (Wildman–Crippen MR) is 82.4 cm³/mol. The molecule has 1 N–H and O–H groups in total. The molecule has 0 radical (unpaired) electrons. The van der Waals surface area contributed by atoms with Gasteiger partial charge in [-0.05, 0) is 24.3 Å². The molecule has 112 valence electrons. The van der Waals surface area contributed by atoms with Gasteiger partial charge in [-0.1, -0.05) is 31.5 Å². The fraction of sp³-hybridized carbons (Fsp3) is 0.533. The third kappa shape index (κ3) is 3.05. The Morgan fingerprint density at radius 2 is 2.38 bits per heavy atom. The van der Waals surface area contributed by atoms with Crippen LogP contribution in [0.1, 0.15) is 26.2 Å². The van der Waals surface area contributed by atoms with Gasteiger partial charge in [-0.3, -0.25) is 9.78 Å². The molecule has 1 aliphatic rings. The molecule has 2 heterocycles. The molecule has 1 saturated carbocycles. The smallest absolute Gasteiger partial charge is 0.313 e. The molecule has 2 aromatic heterocycles. The molecule has 1 aliphatic carbocycles. The number of carboxylic acids is 1. The van der Waals surface area contributed by atoms with Crippen LogP contribution in [0.25, 0.3) is 11.0 Å². The molecule has 0 aromatic carbocycles. The number of thioether (sulfide) groups is 1. The summed E-state index contributed by atoms with van der Waals surface area (Å²) in [5, 5.41) is 9.69.